The van der Waals surface area contributed by atoms with Gasteiger partial charge in [-0.25, -0.2) is 0 Å². The van der Waals surface area contributed by atoms with E-state index in [-0.39, 0.29) is 196 Å². The summed E-state index contributed by atoms with van der Waals surface area (Å²) in [6.07, 6.45) is 0. The molecule has 0 aliphatic carbocycles. The summed E-state index contributed by atoms with van der Waals surface area (Å²) < 4.78 is 4.43. The van der Waals surface area contributed by atoms with Crippen molar-refractivity contribution in [2.24, 2.45) is 0 Å². The van der Waals surface area contributed by atoms with Gasteiger partial charge in [-0.15, -0.1) is 0 Å². The fourth-order valence-corrected chi connectivity index (χ4v) is 0. The molecule has 0 heterocycles. The molecule has 0 bridgehead atoms. The normalized spacial score (nSPS) is 3.00. The molecule has 0 amide bonds. The van der Waals surface area contributed by atoms with Crippen LogP contribution >= 0.6 is 0 Å². The van der Waals surface area contributed by atoms with Gasteiger partial charge in [-0.1, -0.05) is 6.61 Å². The third-order valence-corrected chi connectivity index (χ3v) is 0.204. The summed E-state index contributed by atoms with van der Waals surface area (Å²) in [7, 11) is 1.62. The van der Waals surface area contributed by atoms with Gasteiger partial charge in [0.25, 0.3) is 0 Å². The SMILES string of the molecule is [CH2-]COC.[Y].[Y].[Y].[Y].[Y].[Y]. The summed E-state index contributed by atoms with van der Waals surface area (Å²) in [6, 6.07) is 0. The van der Waals surface area contributed by atoms with E-state index >= 15 is 0 Å². The van der Waals surface area contributed by atoms with E-state index in [1.54, 1.807) is 7.11 Å². The zero-order valence-corrected chi connectivity index (χ0v) is 23.3. The summed E-state index contributed by atoms with van der Waals surface area (Å²) in [6.45, 7) is 3.95. The van der Waals surface area contributed by atoms with E-state index < -0.39 is 0 Å². The molecule has 0 spiro atoms. The van der Waals surface area contributed by atoms with Crippen molar-refractivity contribution in [3.8, 4) is 0 Å². The first-order valence-electron chi connectivity index (χ1n) is 1.20. The van der Waals surface area contributed by atoms with Crippen LogP contribution in [-0.4, -0.2) is 13.7 Å². The van der Waals surface area contributed by atoms with Crippen LogP contribution in [0, 0.1) is 6.92 Å². The fraction of sp³-hybridized carbons (Fsp3) is 0.667. The third-order valence-electron chi connectivity index (χ3n) is 0.204. The van der Waals surface area contributed by atoms with Gasteiger partial charge >= 0.3 is 0 Å². The van der Waals surface area contributed by atoms with Crippen molar-refractivity contribution in [1.82, 2.24) is 0 Å². The fourth-order valence-electron chi connectivity index (χ4n) is 0. The topological polar surface area (TPSA) is 9.23 Å². The van der Waals surface area contributed by atoms with E-state index in [4.69, 9.17) is 0 Å². The van der Waals surface area contributed by atoms with E-state index in [0.29, 0.717) is 6.61 Å². The van der Waals surface area contributed by atoms with Gasteiger partial charge in [-0.3, -0.25) is 0 Å². The molecule has 0 atom stereocenters. The molecule has 7 heteroatoms. The van der Waals surface area contributed by atoms with Crippen molar-refractivity contribution in [3.63, 3.8) is 0 Å². The predicted octanol–water partition coefficient (Wildman–Crippen LogP) is 0.452. The molecule has 0 fully saturated rings. The molecule has 0 aromatic carbocycles. The van der Waals surface area contributed by atoms with Crippen molar-refractivity contribution in [1.29, 1.82) is 0 Å². The molecule has 6 radical (unpaired) electrons. The van der Waals surface area contributed by atoms with Crippen LogP contribution in [0.5, 0.6) is 0 Å². The molecule has 0 rings (SSSR count). The van der Waals surface area contributed by atoms with Gasteiger partial charge < -0.3 is 11.7 Å². The smallest absolute Gasteiger partial charge is 0.0319 e. The molecule has 0 saturated heterocycles. The second-order valence-corrected chi connectivity index (χ2v) is 0.493. The largest absolute Gasteiger partial charge is 0.417 e. The van der Waals surface area contributed by atoms with Crippen molar-refractivity contribution in [3.05, 3.63) is 6.92 Å². The summed E-state index contributed by atoms with van der Waals surface area (Å²) in [4.78, 5) is 0. The third kappa shape index (κ3) is 46.8. The van der Waals surface area contributed by atoms with Gasteiger partial charge in [0, 0.05) is 203 Å². The van der Waals surface area contributed by atoms with E-state index in [1.165, 1.54) is 0 Å². The first-order chi connectivity index (χ1) is 1.91. The number of methoxy groups -OCH3 is 1. The van der Waals surface area contributed by atoms with E-state index in [2.05, 4.69) is 11.7 Å². The van der Waals surface area contributed by atoms with E-state index in [0.717, 1.165) is 0 Å². The zero-order chi connectivity index (χ0) is 3.41. The summed E-state index contributed by atoms with van der Waals surface area (Å²) in [5.74, 6) is 0. The van der Waals surface area contributed by atoms with Crippen LogP contribution in [0.15, 0.2) is 0 Å². The van der Waals surface area contributed by atoms with Crippen molar-refractivity contribution in [2.75, 3.05) is 13.7 Å². The Labute approximate surface area is 215 Å². The Bertz CT molecular complexity index is 15.0. The maximum atomic E-state index is 4.43. The molecule has 10 heavy (non-hydrogen) atoms. The van der Waals surface area contributed by atoms with Gasteiger partial charge in [0.05, 0.1) is 0 Å². The number of hydrogen-bond donors (Lipinski definition) is 0. The molecule has 1 nitrogen and oxygen atoms in total. The van der Waals surface area contributed by atoms with Crippen LogP contribution in [0.2, 0.25) is 0 Å². The van der Waals surface area contributed by atoms with Crippen LogP contribution in [0.25, 0.3) is 0 Å². The second kappa shape index (κ2) is 45.0. The Morgan fingerprint density at radius 1 is 0.900 bits per heavy atom. The molecule has 0 N–H and O–H groups in total. The van der Waals surface area contributed by atoms with Crippen LogP contribution in [0.4, 0.5) is 0 Å². The molecule has 0 aliphatic heterocycles. The van der Waals surface area contributed by atoms with Crippen LogP contribution in [0.1, 0.15) is 0 Å². The van der Waals surface area contributed by atoms with Crippen LogP contribution < -0.4 is 0 Å². The number of hydrogen-bond acceptors (Lipinski definition) is 1. The summed E-state index contributed by atoms with van der Waals surface area (Å²) in [5, 5.41) is 0. The Kier molecular flexibility index (Phi) is 197. The second-order valence-electron chi connectivity index (χ2n) is 0.493. The Hall–Kier alpha value is 6.58. The van der Waals surface area contributed by atoms with Crippen molar-refractivity contribution >= 4 is 0 Å². The predicted molar refractivity (Wildman–Crippen MR) is 17.2 cm³/mol. The average molecular weight is 593 g/mol. The molecule has 0 unspecified atom stereocenters. The van der Waals surface area contributed by atoms with Crippen LogP contribution in [-0.2, 0) is 201 Å². The van der Waals surface area contributed by atoms with E-state index in [1.807, 2.05) is 0 Å². The van der Waals surface area contributed by atoms with Gasteiger partial charge in [0.15, 0.2) is 0 Å². The van der Waals surface area contributed by atoms with Gasteiger partial charge in [-0.2, -0.15) is 0 Å². The molecule has 44 valence electrons. The Balaban J connectivity index is -0.00000000300. The monoisotopic (exact) mass is 592 g/mol. The quantitative estimate of drug-likeness (QED) is 0.403. The van der Waals surface area contributed by atoms with E-state index in [9.17, 15) is 0 Å². The van der Waals surface area contributed by atoms with Gasteiger partial charge in [0.1, 0.15) is 0 Å². The first kappa shape index (κ1) is 43.8. The van der Waals surface area contributed by atoms with Crippen molar-refractivity contribution < 1.29 is 201 Å². The minimum atomic E-state index is 0. The number of ether oxygens (including phenoxy) is 1. The summed E-state index contributed by atoms with van der Waals surface area (Å²) in [5.41, 5.74) is 0. The maximum absolute atomic E-state index is 4.43. The molecular formula is C3H7OY6-. The Morgan fingerprint density at radius 2 is 1.00 bits per heavy atom. The maximum Gasteiger partial charge on any atom is 0.0319 e. The molecule has 0 aromatic rings. The zero-order valence-electron chi connectivity index (χ0n) is 6.29. The molecule has 0 saturated carbocycles. The Morgan fingerprint density at radius 3 is 1.00 bits per heavy atom. The van der Waals surface area contributed by atoms with Crippen molar-refractivity contribution in [2.45, 2.75) is 0 Å². The molecular weight excluding hydrogens is 585 g/mol. The van der Waals surface area contributed by atoms with Gasteiger partial charge in [-0.05, 0) is 0 Å². The number of rotatable bonds is 1. The van der Waals surface area contributed by atoms with Crippen LogP contribution in [0.3, 0.4) is 0 Å². The molecule has 0 aromatic heterocycles. The molecule has 0 aliphatic rings. The minimum Gasteiger partial charge on any atom is -0.417 e. The first-order valence-corrected chi connectivity index (χ1v) is 1.20. The summed E-state index contributed by atoms with van der Waals surface area (Å²) >= 11 is 0. The van der Waals surface area contributed by atoms with Gasteiger partial charge in [0.2, 0.25) is 0 Å². The average Bonchev–Trinajstić information content (AvgIpc) is 1.37. The standard InChI is InChI=1S/C3H7O.6Y/c1-3-4-2;;;;;;/h1,3H2,2H3;;;;;;/q-1;;;;;;. The minimum absolute atomic E-state index is 0.